The Morgan fingerprint density at radius 3 is 2.07 bits per heavy atom. The van der Waals surface area contributed by atoms with E-state index >= 15 is 0 Å². The van der Waals surface area contributed by atoms with Crippen molar-refractivity contribution in [1.29, 1.82) is 0 Å². The number of alkyl halides is 1. The van der Waals surface area contributed by atoms with Gasteiger partial charge in [-0.05, 0) is 70.1 Å². The van der Waals surface area contributed by atoms with Crippen LogP contribution in [0.25, 0.3) is 0 Å². The fourth-order valence-electron chi connectivity index (χ4n) is 3.79. The van der Waals surface area contributed by atoms with Gasteiger partial charge in [0.1, 0.15) is 18.7 Å². The van der Waals surface area contributed by atoms with Crippen LogP contribution < -0.4 is 32.3 Å². The molecule has 14 heteroatoms. The summed E-state index contributed by atoms with van der Waals surface area (Å²) in [6, 6.07) is 4.22. The van der Waals surface area contributed by atoms with Crippen LogP contribution in [-0.2, 0) is 35.3 Å². The molecule has 44 heavy (non-hydrogen) atoms. The number of ether oxygens (including phenoxy) is 1. The van der Waals surface area contributed by atoms with E-state index in [0.29, 0.717) is 35.9 Å². The van der Waals surface area contributed by atoms with Crippen molar-refractivity contribution in [2.75, 3.05) is 22.8 Å². The topological polar surface area (TPSA) is 198 Å². The van der Waals surface area contributed by atoms with E-state index in [-0.39, 0.29) is 49.7 Å². The average Bonchev–Trinajstić information content (AvgIpc) is 2.95. The molecule has 0 saturated heterocycles. The van der Waals surface area contributed by atoms with Gasteiger partial charge in [0.05, 0.1) is 9.84 Å². The number of amides is 6. The van der Waals surface area contributed by atoms with Gasteiger partial charge in [-0.3, -0.25) is 24.0 Å². The number of nitrogens with one attached hydrogen (secondary N) is 5. The maximum Gasteiger partial charge on any atom is 0.312 e. The maximum absolute atomic E-state index is 13.3. The number of carbonyl (C=O) groups excluding carboxylic acids is 6. The van der Waals surface area contributed by atoms with Crippen molar-refractivity contribution in [2.24, 2.45) is 17.1 Å². The van der Waals surface area contributed by atoms with Crippen molar-refractivity contribution in [3.63, 3.8) is 0 Å². The molecular weight excluding hydrogens is 683 g/mol. The second-order valence-corrected chi connectivity index (χ2v) is 12.5. The average molecular weight is 731 g/mol. The van der Waals surface area contributed by atoms with Crippen LogP contribution in [0, 0.1) is 11.3 Å². The molecular formula is C30H47IN6O7. The summed E-state index contributed by atoms with van der Waals surface area (Å²) in [6.07, 6.45) is 1.89. The van der Waals surface area contributed by atoms with Crippen LogP contribution in [0.2, 0.25) is 0 Å². The molecule has 1 aromatic rings. The van der Waals surface area contributed by atoms with Gasteiger partial charge in [-0.1, -0.05) is 48.6 Å². The highest BCUT2D eigenvalue weighted by Crippen LogP contribution is 2.18. The Balaban J connectivity index is 2.83. The number of carbonyl (C=O) groups is 6. The van der Waals surface area contributed by atoms with Crippen LogP contribution in [0.1, 0.15) is 72.3 Å². The molecule has 13 nitrogen and oxygen atoms in total. The molecule has 0 saturated carbocycles. The molecule has 2 atom stereocenters. The monoisotopic (exact) mass is 730 g/mol. The summed E-state index contributed by atoms with van der Waals surface area (Å²) in [5, 5.41) is 13.5. The third-order valence-corrected chi connectivity index (χ3v) is 7.04. The molecule has 7 N–H and O–H groups in total. The number of primary amides is 1. The van der Waals surface area contributed by atoms with Crippen LogP contribution in [-0.4, -0.2) is 65.2 Å². The summed E-state index contributed by atoms with van der Waals surface area (Å²) in [4.78, 5) is 73.5. The maximum atomic E-state index is 13.3. The van der Waals surface area contributed by atoms with Crippen LogP contribution in [0.5, 0.6) is 0 Å². The van der Waals surface area contributed by atoms with Crippen molar-refractivity contribution in [1.82, 2.24) is 21.3 Å². The lowest BCUT2D eigenvalue weighted by Gasteiger charge is -2.25. The summed E-state index contributed by atoms with van der Waals surface area (Å²) < 4.78 is 5.69. The van der Waals surface area contributed by atoms with Gasteiger partial charge >= 0.3 is 12.0 Å². The smallest absolute Gasteiger partial charge is 0.312 e. The summed E-state index contributed by atoms with van der Waals surface area (Å²) in [5.41, 5.74) is 5.72. The molecule has 0 spiro atoms. The molecule has 0 aromatic heterocycles. The molecule has 0 aliphatic carbocycles. The minimum absolute atomic E-state index is 0.0634. The van der Waals surface area contributed by atoms with Crippen LogP contribution in [0.15, 0.2) is 24.3 Å². The van der Waals surface area contributed by atoms with E-state index in [1.807, 2.05) is 22.6 Å². The number of esters is 1. The van der Waals surface area contributed by atoms with Gasteiger partial charge < -0.3 is 37.1 Å². The third kappa shape index (κ3) is 15.9. The minimum Gasteiger partial charge on any atom is -0.460 e. The molecule has 6 amide bonds. The fourth-order valence-corrected chi connectivity index (χ4v) is 4.06. The van der Waals surface area contributed by atoms with Crippen LogP contribution in [0.4, 0.5) is 10.5 Å². The third-order valence-electron chi connectivity index (χ3n) is 6.35. The number of urea groups is 1. The Bertz CT molecular complexity index is 1120. The van der Waals surface area contributed by atoms with Crippen LogP contribution in [0.3, 0.4) is 0 Å². The van der Waals surface area contributed by atoms with E-state index < -0.39 is 35.3 Å². The van der Waals surface area contributed by atoms with Gasteiger partial charge in [-0.25, -0.2) is 4.79 Å². The number of benzene rings is 1. The molecule has 0 aliphatic heterocycles. The Morgan fingerprint density at radius 1 is 0.864 bits per heavy atom. The Hall–Kier alpha value is -3.43. The number of halogens is 1. The Kier molecular flexibility index (Phi) is 17.3. The predicted molar refractivity (Wildman–Crippen MR) is 176 cm³/mol. The molecule has 0 fully saturated rings. The number of anilines is 1. The van der Waals surface area contributed by atoms with E-state index in [0.717, 1.165) is 5.56 Å². The van der Waals surface area contributed by atoms with Crippen molar-refractivity contribution < 1.29 is 33.5 Å². The Labute approximate surface area is 273 Å². The first kappa shape index (κ1) is 38.6. The standard InChI is InChI=1S/C30H47IN6O7/c1-19(2)25(37-23(38)10-6-7-15-33-24(39)17-31)27(41)36-22(9-8-16-34-29(32)43)26(40)35-21-13-11-20(12-14-21)18-44-28(42)30(3,4)5/h11-14,19,22,25H,6-10,15-18H2,1-5H3,(H,33,39)(H,35,40)(H,36,41)(H,37,38)(H3,32,34,43)/t22-,25-/m1/s1. The second-order valence-electron chi connectivity index (χ2n) is 11.7. The first-order valence-corrected chi connectivity index (χ1v) is 16.2. The van der Waals surface area contributed by atoms with Gasteiger partial charge in [0.15, 0.2) is 0 Å². The van der Waals surface area contributed by atoms with Gasteiger partial charge in [0.25, 0.3) is 0 Å². The highest BCUT2D eigenvalue weighted by Gasteiger charge is 2.29. The number of nitrogens with two attached hydrogens (primary N) is 1. The van der Waals surface area contributed by atoms with Crippen molar-refractivity contribution in [3.8, 4) is 0 Å². The highest BCUT2D eigenvalue weighted by atomic mass is 127. The van der Waals surface area contributed by atoms with Crippen molar-refractivity contribution in [2.45, 2.75) is 85.4 Å². The Morgan fingerprint density at radius 2 is 1.50 bits per heavy atom. The summed E-state index contributed by atoms with van der Waals surface area (Å²) in [7, 11) is 0. The molecule has 1 aromatic carbocycles. The second kappa shape index (κ2) is 19.8. The first-order valence-electron chi connectivity index (χ1n) is 14.7. The largest absolute Gasteiger partial charge is 0.460 e. The molecule has 246 valence electrons. The quantitative estimate of drug-likeness (QED) is 0.0577. The lowest BCUT2D eigenvalue weighted by Crippen LogP contribution is -2.54. The number of hydrogen-bond donors (Lipinski definition) is 6. The fraction of sp³-hybridized carbons (Fsp3) is 0.600. The minimum atomic E-state index is -0.968. The van der Waals surface area contributed by atoms with E-state index in [2.05, 4.69) is 26.6 Å². The van der Waals surface area contributed by atoms with Gasteiger partial charge in [0.2, 0.25) is 23.6 Å². The molecule has 0 aliphatic rings. The molecule has 0 bridgehead atoms. The molecule has 0 radical (unpaired) electrons. The highest BCUT2D eigenvalue weighted by molar-refractivity contribution is 14.1. The normalized spacial score (nSPS) is 12.4. The zero-order valence-electron chi connectivity index (χ0n) is 26.2. The zero-order chi connectivity index (χ0) is 33.3. The first-order chi connectivity index (χ1) is 20.6. The van der Waals surface area contributed by atoms with E-state index in [1.54, 1.807) is 58.9 Å². The lowest BCUT2D eigenvalue weighted by molar-refractivity contribution is -0.154. The number of rotatable bonds is 18. The van der Waals surface area contributed by atoms with E-state index in [1.165, 1.54) is 0 Å². The van der Waals surface area contributed by atoms with Gasteiger partial charge in [0, 0.05) is 25.2 Å². The summed E-state index contributed by atoms with van der Waals surface area (Å²) >= 11 is 1.97. The van der Waals surface area contributed by atoms with Crippen LogP contribution >= 0.6 is 22.6 Å². The van der Waals surface area contributed by atoms with Crippen molar-refractivity contribution in [3.05, 3.63) is 29.8 Å². The van der Waals surface area contributed by atoms with Gasteiger partial charge in [-0.2, -0.15) is 0 Å². The number of unbranched alkanes of at least 4 members (excludes halogenated alkanes) is 1. The zero-order valence-corrected chi connectivity index (χ0v) is 28.4. The number of hydrogen-bond acceptors (Lipinski definition) is 7. The van der Waals surface area contributed by atoms with E-state index in [9.17, 15) is 28.8 Å². The predicted octanol–water partition coefficient (Wildman–Crippen LogP) is 2.51. The van der Waals surface area contributed by atoms with Gasteiger partial charge in [-0.15, -0.1) is 0 Å². The molecule has 0 unspecified atom stereocenters. The molecule has 0 heterocycles. The summed E-state index contributed by atoms with van der Waals surface area (Å²) in [6.45, 7) is 9.65. The SMILES string of the molecule is CC(C)[C@@H](NC(=O)CCCCNC(=O)CI)C(=O)N[C@H](CCCNC(N)=O)C(=O)Nc1ccc(COC(=O)C(C)(C)C)cc1. The summed E-state index contributed by atoms with van der Waals surface area (Å²) in [5.74, 6) is -1.95. The molecule has 1 rings (SSSR count). The van der Waals surface area contributed by atoms with E-state index in [4.69, 9.17) is 10.5 Å². The van der Waals surface area contributed by atoms with Crippen molar-refractivity contribution >= 4 is 63.9 Å². The lowest BCUT2D eigenvalue weighted by atomic mass is 9.97.